The lowest BCUT2D eigenvalue weighted by atomic mass is 10.2. The van der Waals surface area contributed by atoms with Crippen molar-refractivity contribution >= 4 is 5.97 Å². The summed E-state index contributed by atoms with van der Waals surface area (Å²) in [5.41, 5.74) is -0.156. The number of nitrogens with one attached hydrogen (secondary N) is 1. The van der Waals surface area contributed by atoms with Crippen LogP contribution in [0.15, 0.2) is 76.6 Å². The van der Waals surface area contributed by atoms with Crippen molar-refractivity contribution in [3.05, 3.63) is 93.3 Å². The fourth-order valence-electron chi connectivity index (χ4n) is 3.07. The van der Waals surface area contributed by atoms with Crippen LogP contribution in [0.5, 0.6) is 11.5 Å². The number of H-pyrrole nitrogens is 1. The normalized spacial score (nSPS) is 10.6. The highest BCUT2D eigenvalue weighted by molar-refractivity contribution is 5.86. The first-order valence-electron chi connectivity index (χ1n) is 9.72. The molecule has 2 aromatic heterocycles. The molecule has 0 saturated carbocycles. The van der Waals surface area contributed by atoms with E-state index in [4.69, 9.17) is 14.6 Å². The van der Waals surface area contributed by atoms with E-state index in [1.54, 1.807) is 55.6 Å². The third kappa shape index (κ3) is 4.64. The van der Waals surface area contributed by atoms with E-state index in [0.717, 1.165) is 11.8 Å². The van der Waals surface area contributed by atoms with Gasteiger partial charge < -0.3 is 19.6 Å². The zero-order valence-corrected chi connectivity index (χ0v) is 17.4. The molecule has 4 aromatic rings. The van der Waals surface area contributed by atoms with Gasteiger partial charge in [-0.15, -0.1) is 0 Å². The summed E-state index contributed by atoms with van der Waals surface area (Å²) in [6.45, 7) is -0.0736. The van der Waals surface area contributed by atoms with Crippen LogP contribution >= 0.6 is 0 Å². The molecule has 166 valence electrons. The summed E-state index contributed by atoms with van der Waals surface area (Å²) in [6.07, 6.45) is 2.45. The van der Waals surface area contributed by atoms with Crippen LogP contribution in [0, 0.1) is 0 Å². The lowest BCUT2D eigenvalue weighted by molar-refractivity contribution is 0.0694. The Balaban J connectivity index is 1.53. The fourth-order valence-corrected chi connectivity index (χ4v) is 3.07. The maximum absolute atomic E-state index is 12.4. The number of carboxylic acids is 1. The van der Waals surface area contributed by atoms with E-state index >= 15 is 0 Å². The Bertz CT molecular complexity index is 1410. The van der Waals surface area contributed by atoms with Crippen molar-refractivity contribution < 1.29 is 19.4 Å². The topological polar surface area (TPSA) is 136 Å². The molecule has 0 unspecified atom stereocenters. The van der Waals surface area contributed by atoms with Gasteiger partial charge in [-0.25, -0.2) is 14.8 Å². The Morgan fingerprint density at radius 3 is 2.27 bits per heavy atom. The van der Waals surface area contributed by atoms with E-state index in [0.29, 0.717) is 22.9 Å². The average molecular weight is 446 g/mol. The van der Waals surface area contributed by atoms with E-state index in [1.165, 1.54) is 16.8 Å². The van der Waals surface area contributed by atoms with Crippen LogP contribution in [-0.2, 0) is 6.73 Å². The summed E-state index contributed by atoms with van der Waals surface area (Å²) < 4.78 is 12.3. The molecule has 2 heterocycles. The first-order chi connectivity index (χ1) is 16.0. The first kappa shape index (κ1) is 21.5. The van der Waals surface area contributed by atoms with Crippen molar-refractivity contribution in [2.45, 2.75) is 6.73 Å². The smallest absolute Gasteiger partial charge is 0.342 e. The summed E-state index contributed by atoms with van der Waals surface area (Å²) in [4.78, 5) is 46.0. The molecule has 2 aromatic carbocycles. The molecular formula is C23H18N4O6. The number of rotatable bonds is 7. The number of carbonyl (C=O) groups is 1. The molecule has 0 atom stereocenters. The molecule has 0 aliphatic rings. The number of hydrogen-bond donors (Lipinski definition) is 2. The summed E-state index contributed by atoms with van der Waals surface area (Å²) in [5.74, 6) is 0.482. The van der Waals surface area contributed by atoms with Gasteiger partial charge in [0.05, 0.1) is 7.11 Å². The van der Waals surface area contributed by atoms with E-state index in [9.17, 15) is 14.4 Å². The zero-order chi connectivity index (χ0) is 23.4. The van der Waals surface area contributed by atoms with Crippen LogP contribution in [0.25, 0.3) is 22.8 Å². The third-order valence-electron chi connectivity index (χ3n) is 4.80. The molecule has 0 radical (unpaired) electrons. The molecule has 0 bridgehead atoms. The minimum atomic E-state index is -1.35. The number of aromatic nitrogens is 4. The molecule has 10 heteroatoms. The number of nitrogens with zero attached hydrogens (tertiary/aromatic N) is 3. The molecule has 0 amide bonds. The number of hydrogen-bond acceptors (Lipinski definition) is 7. The van der Waals surface area contributed by atoms with Gasteiger partial charge in [0.1, 0.15) is 28.7 Å². The molecule has 33 heavy (non-hydrogen) atoms. The molecule has 0 saturated heterocycles. The minimum Gasteiger partial charge on any atom is -0.497 e. The molecule has 0 spiro atoms. The van der Waals surface area contributed by atoms with Crippen molar-refractivity contribution in [3.8, 4) is 34.3 Å². The molecule has 0 fully saturated rings. The van der Waals surface area contributed by atoms with Crippen LogP contribution in [0.1, 0.15) is 10.4 Å². The number of ether oxygens (including phenoxy) is 2. The highest BCUT2D eigenvalue weighted by Crippen LogP contribution is 2.21. The standard InChI is InChI=1S/C23H18N4O6/c1-32-16-6-4-15(5-7-16)21-24-11-10-19(28)27(21)13-33-17-8-2-14(3-9-17)20-25-12-18(23(30)31)22(29)26-20/h2-12H,13H2,1H3,(H,30,31)(H,25,26,29). The van der Waals surface area contributed by atoms with Crippen molar-refractivity contribution in [2.75, 3.05) is 7.11 Å². The van der Waals surface area contributed by atoms with E-state index in [1.807, 2.05) is 0 Å². The van der Waals surface area contributed by atoms with E-state index in [-0.39, 0.29) is 18.1 Å². The fraction of sp³-hybridized carbons (Fsp3) is 0.0870. The second-order valence-corrected chi connectivity index (χ2v) is 6.84. The summed E-state index contributed by atoms with van der Waals surface area (Å²) in [5, 5.41) is 8.94. The van der Waals surface area contributed by atoms with Gasteiger partial charge in [-0.2, -0.15) is 0 Å². The van der Waals surface area contributed by atoms with Crippen LogP contribution in [0.3, 0.4) is 0 Å². The zero-order valence-electron chi connectivity index (χ0n) is 17.4. The average Bonchev–Trinajstić information content (AvgIpc) is 2.83. The lowest BCUT2D eigenvalue weighted by Gasteiger charge is -2.13. The molecule has 10 nitrogen and oxygen atoms in total. The minimum absolute atomic E-state index is 0.0736. The van der Waals surface area contributed by atoms with Gasteiger partial charge >= 0.3 is 5.97 Å². The number of aromatic amines is 1. The van der Waals surface area contributed by atoms with Crippen molar-refractivity contribution in [3.63, 3.8) is 0 Å². The van der Waals surface area contributed by atoms with Crippen LogP contribution < -0.4 is 20.6 Å². The lowest BCUT2D eigenvalue weighted by Crippen LogP contribution is -2.24. The Labute approximate surface area is 186 Å². The molecule has 4 rings (SSSR count). The Kier molecular flexibility index (Phi) is 5.98. The number of methoxy groups -OCH3 is 1. The van der Waals surface area contributed by atoms with Crippen LogP contribution in [0.2, 0.25) is 0 Å². The third-order valence-corrected chi connectivity index (χ3v) is 4.80. The monoisotopic (exact) mass is 446 g/mol. The molecule has 0 aliphatic carbocycles. The molecular weight excluding hydrogens is 428 g/mol. The van der Waals surface area contributed by atoms with Gasteiger partial charge in [-0.3, -0.25) is 14.2 Å². The molecule has 0 aliphatic heterocycles. The summed E-state index contributed by atoms with van der Waals surface area (Å²) in [6, 6.07) is 15.1. The summed E-state index contributed by atoms with van der Waals surface area (Å²) >= 11 is 0. The first-order valence-corrected chi connectivity index (χ1v) is 9.72. The Morgan fingerprint density at radius 2 is 1.64 bits per heavy atom. The SMILES string of the molecule is COc1ccc(-c2nccc(=O)n2COc2ccc(-c3ncc(C(=O)O)c(=O)[nH]3)cc2)cc1. The van der Waals surface area contributed by atoms with Crippen LogP contribution in [0.4, 0.5) is 0 Å². The maximum atomic E-state index is 12.4. The second-order valence-electron chi connectivity index (χ2n) is 6.84. The highest BCUT2D eigenvalue weighted by Gasteiger charge is 2.12. The van der Waals surface area contributed by atoms with Crippen LogP contribution in [-0.4, -0.2) is 37.7 Å². The van der Waals surface area contributed by atoms with Crippen molar-refractivity contribution in [2.24, 2.45) is 0 Å². The predicted molar refractivity (Wildman–Crippen MR) is 118 cm³/mol. The summed E-state index contributed by atoms with van der Waals surface area (Å²) in [7, 11) is 1.57. The van der Waals surface area contributed by atoms with Crippen molar-refractivity contribution in [1.82, 2.24) is 19.5 Å². The maximum Gasteiger partial charge on any atom is 0.342 e. The number of aromatic carboxylic acids is 1. The number of benzene rings is 2. The highest BCUT2D eigenvalue weighted by atomic mass is 16.5. The van der Waals surface area contributed by atoms with Crippen molar-refractivity contribution in [1.29, 1.82) is 0 Å². The second kappa shape index (κ2) is 9.18. The quantitative estimate of drug-likeness (QED) is 0.442. The van der Waals surface area contributed by atoms with Gasteiger partial charge in [-0.1, -0.05) is 0 Å². The number of carboxylic acid groups (broad SMARTS) is 1. The Hall–Kier alpha value is -4.73. The van der Waals surface area contributed by atoms with Gasteiger partial charge in [0.15, 0.2) is 6.73 Å². The van der Waals surface area contributed by atoms with Gasteiger partial charge in [0, 0.05) is 29.6 Å². The van der Waals surface area contributed by atoms with E-state index < -0.39 is 17.1 Å². The predicted octanol–water partition coefficient (Wildman–Crippen LogP) is 2.40. The molecule has 2 N–H and O–H groups in total. The van der Waals surface area contributed by atoms with Gasteiger partial charge in [0.2, 0.25) is 0 Å². The van der Waals surface area contributed by atoms with Gasteiger partial charge in [0.25, 0.3) is 11.1 Å². The van der Waals surface area contributed by atoms with Gasteiger partial charge in [-0.05, 0) is 48.5 Å². The largest absolute Gasteiger partial charge is 0.497 e. The Morgan fingerprint density at radius 1 is 0.970 bits per heavy atom. The van der Waals surface area contributed by atoms with E-state index in [2.05, 4.69) is 15.0 Å².